The van der Waals surface area contributed by atoms with Gasteiger partial charge in [0.05, 0.1) is 0 Å². The molecule has 2 rings (SSSR count). The van der Waals surface area contributed by atoms with E-state index < -0.39 is 0 Å². The Morgan fingerprint density at radius 1 is 0.917 bits per heavy atom. The van der Waals surface area contributed by atoms with Crippen LogP contribution in [0.5, 0.6) is 0 Å². The summed E-state index contributed by atoms with van der Waals surface area (Å²) in [6.07, 6.45) is 12.2. The molecule has 0 amide bonds. The highest BCUT2D eigenvalue weighted by molar-refractivity contribution is 4.95. The van der Waals surface area contributed by atoms with Crippen molar-refractivity contribution in [3.63, 3.8) is 0 Å². The Morgan fingerprint density at radius 2 is 1.67 bits per heavy atom. The highest BCUT2D eigenvalue weighted by atomic mass is 14.5. The average Bonchev–Trinajstić information content (AvgIpc) is 2.69. The van der Waals surface area contributed by atoms with E-state index in [4.69, 9.17) is 0 Å². The van der Waals surface area contributed by atoms with Crippen molar-refractivity contribution in [3.05, 3.63) is 0 Å². The van der Waals surface area contributed by atoms with Gasteiger partial charge < -0.3 is 0 Å². The van der Waals surface area contributed by atoms with Gasteiger partial charge in [-0.1, -0.05) is 39.0 Å². The molecule has 0 bridgehead atoms. The SMILES string of the molecule is CCCCCCC1CC2C[C@H]2C1. The summed E-state index contributed by atoms with van der Waals surface area (Å²) in [7, 11) is 0. The Balaban J connectivity index is 1.50. The van der Waals surface area contributed by atoms with Gasteiger partial charge in [-0.2, -0.15) is 0 Å². The van der Waals surface area contributed by atoms with Crippen LogP contribution in [0.1, 0.15) is 58.3 Å². The van der Waals surface area contributed by atoms with E-state index in [1.54, 1.807) is 25.7 Å². The Hall–Kier alpha value is 0. The summed E-state index contributed by atoms with van der Waals surface area (Å²) < 4.78 is 0. The lowest BCUT2D eigenvalue weighted by Gasteiger charge is -2.10. The number of hydrogen-bond acceptors (Lipinski definition) is 0. The lowest BCUT2D eigenvalue weighted by atomic mass is 9.96. The Labute approximate surface area is 76.7 Å². The molecule has 3 atom stereocenters. The molecule has 2 aliphatic rings. The van der Waals surface area contributed by atoms with Crippen LogP contribution < -0.4 is 0 Å². The Bertz CT molecular complexity index is 129. The minimum atomic E-state index is 1.14. The number of rotatable bonds is 5. The van der Waals surface area contributed by atoms with Gasteiger partial charge >= 0.3 is 0 Å². The zero-order valence-electron chi connectivity index (χ0n) is 8.39. The van der Waals surface area contributed by atoms with Gasteiger partial charge in [0, 0.05) is 0 Å². The molecule has 12 heavy (non-hydrogen) atoms. The zero-order chi connectivity index (χ0) is 8.39. The molecule has 0 heteroatoms. The maximum absolute atomic E-state index is 2.30. The predicted molar refractivity (Wildman–Crippen MR) is 53.1 cm³/mol. The smallest absolute Gasteiger partial charge is 0.0380 e. The third kappa shape index (κ3) is 2.02. The van der Waals surface area contributed by atoms with Crippen LogP contribution in [-0.4, -0.2) is 0 Å². The summed E-state index contributed by atoms with van der Waals surface area (Å²) in [4.78, 5) is 0. The molecule has 0 aliphatic heterocycles. The summed E-state index contributed by atoms with van der Waals surface area (Å²) in [5.41, 5.74) is 0. The van der Waals surface area contributed by atoms with E-state index in [1.165, 1.54) is 37.5 Å². The molecule has 2 fully saturated rings. The van der Waals surface area contributed by atoms with Gasteiger partial charge in [-0.3, -0.25) is 0 Å². The van der Waals surface area contributed by atoms with E-state index in [2.05, 4.69) is 6.92 Å². The maximum Gasteiger partial charge on any atom is -0.0380 e. The van der Waals surface area contributed by atoms with E-state index >= 15 is 0 Å². The van der Waals surface area contributed by atoms with Crippen molar-refractivity contribution in [3.8, 4) is 0 Å². The Morgan fingerprint density at radius 3 is 2.33 bits per heavy atom. The third-order valence-electron chi connectivity index (χ3n) is 3.81. The summed E-state index contributed by atoms with van der Waals surface area (Å²) >= 11 is 0. The topological polar surface area (TPSA) is 0 Å². The zero-order valence-corrected chi connectivity index (χ0v) is 8.39. The lowest BCUT2D eigenvalue weighted by Crippen LogP contribution is -1.96. The fourth-order valence-electron chi connectivity index (χ4n) is 2.94. The number of fused-ring (bicyclic) bond motifs is 1. The monoisotopic (exact) mass is 166 g/mol. The fourth-order valence-corrected chi connectivity index (χ4v) is 2.94. The van der Waals surface area contributed by atoms with Gasteiger partial charge in [0.2, 0.25) is 0 Å². The molecular weight excluding hydrogens is 144 g/mol. The Kier molecular flexibility index (Phi) is 2.73. The van der Waals surface area contributed by atoms with Crippen molar-refractivity contribution in [1.29, 1.82) is 0 Å². The van der Waals surface area contributed by atoms with Crippen molar-refractivity contribution in [2.24, 2.45) is 17.8 Å². The molecule has 0 aromatic carbocycles. The summed E-state index contributed by atoms with van der Waals surface area (Å²) in [6.45, 7) is 2.30. The van der Waals surface area contributed by atoms with Crippen LogP contribution >= 0.6 is 0 Å². The highest BCUT2D eigenvalue weighted by Gasteiger charge is 2.45. The molecule has 0 spiro atoms. The predicted octanol–water partition coefficient (Wildman–Crippen LogP) is 4.00. The second-order valence-corrected chi connectivity index (χ2v) is 4.94. The second kappa shape index (κ2) is 3.81. The molecule has 0 N–H and O–H groups in total. The van der Waals surface area contributed by atoms with Gasteiger partial charge in [-0.25, -0.2) is 0 Å². The van der Waals surface area contributed by atoms with Crippen molar-refractivity contribution in [2.75, 3.05) is 0 Å². The molecule has 0 aromatic rings. The first kappa shape index (κ1) is 8.59. The van der Waals surface area contributed by atoms with Crippen LogP contribution in [0.15, 0.2) is 0 Å². The minimum Gasteiger partial charge on any atom is -0.0654 e. The molecule has 2 saturated carbocycles. The van der Waals surface area contributed by atoms with Crippen LogP contribution in [0.4, 0.5) is 0 Å². The molecule has 2 unspecified atom stereocenters. The van der Waals surface area contributed by atoms with Crippen LogP contribution in [0.25, 0.3) is 0 Å². The second-order valence-electron chi connectivity index (χ2n) is 4.94. The van der Waals surface area contributed by atoms with Gasteiger partial charge in [-0.15, -0.1) is 0 Å². The van der Waals surface area contributed by atoms with Gasteiger partial charge in [0.25, 0.3) is 0 Å². The van der Waals surface area contributed by atoms with Gasteiger partial charge in [0.1, 0.15) is 0 Å². The fraction of sp³-hybridized carbons (Fsp3) is 1.00. The summed E-state index contributed by atoms with van der Waals surface area (Å²) in [5.74, 6) is 3.54. The molecule has 70 valence electrons. The van der Waals surface area contributed by atoms with E-state index in [0.717, 1.165) is 5.92 Å². The molecule has 0 heterocycles. The van der Waals surface area contributed by atoms with Crippen molar-refractivity contribution in [1.82, 2.24) is 0 Å². The number of unbranched alkanes of at least 4 members (excludes halogenated alkanes) is 3. The van der Waals surface area contributed by atoms with Crippen LogP contribution in [0, 0.1) is 17.8 Å². The molecular formula is C12H22. The molecule has 0 aromatic heterocycles. The first-order chi connectivity index (χ1) is 5.90. The summed E-state index contributed by atoms with van der Waals surface area (Å²) in [6, 6.07) is 0. The van der Waals surface area contributed by atoms with Gasteiger partial charge in [-0.05, 0) is 37.0 Å². The first-order valence-corrected chi connectivity index (χ1v) is 5.90. The van der Waals surface area contributed by atoms with Crippen molar-refractivity contribution < 1.29 is 0 Å². The van der Waals surface area contributed by atoms with Crippen LogP contribution in [-0.2, 0) is 0 Å². The van der Waals surface area contributed by atoms with Crippen LogP contribution in [0.2, 0.25) is 0 Å². The lowest BCUT2D eigenvalue weighted by molar-refractivity contribution is 0.427. The van der Waals surface area contributed by atoms with E-state index in [-0.39, 0.29) is 0 Å². The quantitative estimate of drug-likeness (QED) is 0.541. The number of hydrogen-bond donors (Lipinski definition) is 0. The largest absolute Gasteiger partial charge is 0.0654 e. The normalized spacial score (nSPS) is 38.2. The first-order valence-electron chi connectivity index (χ1n) is 5.90. The molecule has 0 saturated heterocycles. The molecule has 0 nitrogen and oxygen atoms in total. The van der Waals surface area contributed by atoms with Crippen molar-refractivity contribution >= 4 is 0 Å². The van der Waals surface area contributed by atoms with E-state index in [1.807, 2.05) is 0 Å². The van der Waals surface area contributed by atoms with Crippen LogP contribution in [0.3, 0.4) is 0 Å². The van der Waals surface area contributed by atoms with Crippen molar-refractivity contribution in [2.45, 2.75) is 58.3 Å². The van der Waals surface area contributed by atoms with E-state index in [0.29, 0.717) is 0 Å². The van der Waals surface area contributed by atoms with Gasteiger partial charge in [0.15, 0.2) is 0 Å². The third-order valence-corrected chi connectivity index (χ3v) is 3.81. The average molecular weight is 166 g/mol. The van der Waals surface area contributed by atoms with E-state index in [9.17, 15) is 0 Å². The minimum absolute atomic E-state index is 1.14. The molecule has 2 aliphatic carbocycles. The highest BCUT2D eigenvalue weighted by Crippen LogP contribution is 2.55. The molecule has 0 radical (unpaired) electrons. The maximum atomic E-state index is 2.30. The summed E-state index contributed by atoms with van der Waals surface area (Å²) in [5, 5.41) is 0. The standard InChI is InChI=1S/C12H22/c1-2-3-4-5-6-10-7-11-9-12(11)8-10/h10-12H,2-9H2,1H3/t10?,11-,12?/m1/s1.